The first-order valence-electron chi connectivity index (χ1n) is 11.2. The van der Waals surface area contributed by atoms with Crippen LogP contribution < -0.4 is 5.32 Å². The van der Waals surface area contributed by atoms with Gasteiger partial charge in [0.05, 0.1) is 6.04 Å². The summed E-state index contributed by atoms with van der Waals surface area (Å²) in [5.74, 6) is 0.630. The average molecular weight is 401 g/mol. The molecule has 154 valence electrons. The Labute approximate surface area is 177 Å². The number of hydrogen-bond acceptors (Lipinski definition) is 2. The molecule has 2 aromatic heterocycles. The normalized spacial score (nSPS) is 27.8. The second-order valence-corrected chi connectivity index (χ2v) is 9.04. The maximum Gasteiger partial charge on any atom is 0.318 e. The van der Waals surface area contributed by atoms with Gasteiger partial charge in [-0.1, -0.05) is 30.3 Å². The minimum absolute atomic E-state index is 0.0529. The highest BCUT2D eigenvalue weighted by Crippen LogP contribution is 2.36. The number of benzene rings is 1. The zero-order valence-corrected chi connectivity index (χ0v) is 17.2. The average Bonchev–Trinajstić information content (AvgIpc) is 3.27. The third-order valence-corrected chi connectivity index (χ3v) is 7.37. The number of pyridine rings is 1. The van der Waals surface area contributed by atoms with E-state index in [1.807, 2.05) is 0 Å². The number of carbonyl (C=O) groups is 1. The van der Waals surface area contributed by atoms with Crippen LogP contribution >= 0.6 is 0 Å². The Hall–Kier alpha value is -2.79. The van der Waals surface area contributed by atoms with Gasteiger partial charge < -0.3 is 19.5 Å². The van der Waals surface area contributed by atoms with E-state index in [0.717, 1.165) is 25.1 Å². The smallest absolute Gasteiger partial charge is 0.318 e. The summed E-state index contributed by atoms with van der Waals surface area (Å²) in [7, 11) is 0. The Kier molecular flexibility index (Phi) is 4.30. The molecule has 0 spiro atoms. The second kappa shape index (κ2) is 7.17. The summed E-state index contributed by atoms with van der Waals surface area (Å²) in [6.07, 6.45) is 7.58. The van der Waals surface area contributed by atoms with Gasteiger partial charge >= 0.3 is 6.03 Å². The molecule has 2 atom stereocenters. The fourth-order valence-corrected chi connectivity index (χ4v) is 5.73. The first-order valence-corrected chi connectivity index (χ1v) is 11.2. The van der Waals surface area contributed by atoms with Crippen molar-refractivity contribution in [2.75, 3.05) is 26.2 Å². The van der Waals surface area contributed by atoms with Crippen LogP contribution in [-0.4, -0.2) is 52.5 Å². The summed E-state index contributed by atoms with van der Waals surface area (Å²) < 4.78 is 2.15. The van der Waals surface area contributed by atoms with E-state index in [1.54, 1.807) is 0 Å². The minimum atomic E-state index is -0.0529. The predicted molar refractivity (Wildman–Crippen MR) is 118 cm³/mol. The van der Waals surface area contributed by atoms with Crippen LogP contribution in [0.1, 0.15) is 35.6 Å². The number of rotatable bonds is 2. The number of carbonyl (C=O) groups excluding carboxylic acids is 1. The Balaban J connectivity index is 1.34. The second-order valence-electron chi connectivity index (χ2n) is 9.04. The lowest BCUT2D eigenvalue weighted by molar-refractivity contribution is 0.0715. The van der Waals surface area contributed by atoms with Gasteiger partial charge in [-0.2, -0.15) is 0 Å². The van der Waals surface area contributed by atoms with Gasteiger partial charge in [0.2, 0.25) is 0 Å². The highest BCUT2D eigenvalue weighted by atomic mass is 16.2. The van der Waals surface area contributed by atoms with E-state index in [-0.39, 0.29) is 18.1 Å². The molecule has 5 heteroatoms. The van der Waals surface area contributed by atoms with Gasteiger partial charge in [-0.25, -0.2) is 4.79 Å². The van der Waals surface area contributed by atoms with Crippen LogP contribution in [-0.2, 0) is 6.42 Å². The molecule has 3 saturated heterocycles. The van der Waals surface area contributed by atoms with Crippen LogP contribution in [0.25, 0.3) is 5.52 Å². The molecule has 0 aliphatic carbocycles. The highest BCUT2D eigenvalue weighted by molar-refractivity contribution is 5.76. The van der Waals surface area contributed by atoms with E-state index in [4.69, 9.17) is 0 Å². The molecule has 4 aliphatic rings. The summed E-state index contributed by atoms with van der Waals surface area (Å²) in [5, 5.41) is 3.42. The molecule has 0 radical (unpaired) electrons. The minimum Gasteiger partial charge on any atom is -0.334 e. The van der Waals surface area contributed by atoms with Crippen LogP contribution in [0, 0.1) is 5.92 Å². The molecule has 30 heavy (non-hydrogen) atoms. The number of aromatic nitrogens is 1. The van der Waals surface area contributed by atoms with Crippen LogP contribution in [0.2, 0.25) is 0 Å². The quantitative estimate of drug-likeness (QED) is 0.713. The largest absolute Gasteiger partial charge is 0.334 e. The van der Waals surface area contributed by atoms with Crippen molar-refractivity contribution in [3.8, 4) is 0 Å². The number of amides is 2. The molecule has 2 bridgehead atoms. The van der Waals surface area contributed by atoms with Crippen molar-refractivity contribution >= 4 is 11.5 Å². The first-order chi connectivity index (χ1) is 14.8. The van der Waals surface area contributed by atoms with Crippen molar-refractivity contribution in [1.29, 1.82) is 0 Å². The van der Waals surface area contributed by atoms with Gasteiger partial charge in [-0.3, -0.25) is 0 Å². The summed E-state index contributed by atoms with van der Waals surface area (Å²) in [6.45, 7) is 4.13. The lowest BCUT2D eigenvalue weighted by Crippen LogP contribution is -2.59. The maximum atomic E-state index is 13.5. The fourth-order valence-electron chi connectivity index (χ4n) is 5.73. The topological polar surface area (TPSA) is 40.0 Å². The van der Waals surface area contributed by atoms with Gasteiger partial charge in [-0.15, -0.1) is 0 Å². The number of hydrogen-bond donors (Lipinski definition) is 1. The van der Waals surface area contributed by atoms with E-state index >= 15 is 0 Å². The molecular formula is C25H28N4O. The number of urea groups is 1. The third-order valence-electron chi connectivity index (χ3n) is 7.37. The summed E-state index contributed by atoms with van der Waals surface area (Å²) in [6, 6.07) is 17.4. The molecule has 5 nitrogen and oxygen atoms in total. The molecular weight excluding hydrogens is 372 g/mol. The van der Waals surface area contributed by atoms with E-state index in [2.05, 4.69) is 80.4 Å². The van der Waals surface area contributed by atoms with Crippen molar-refractivity contribution in [3.05, 3.63) is 77.6 Å². The maximum absolute atomic E-state index is 13.5. The SMILES string of the molecule is O=C(NC1CN2CCC1CC2)N1CCc2ccccc2C1c1ccc2cccn2c1. The van der Waals surface area contributed by atoms with Crippen molar-refractivity contribution in [2.24, 2.45) is 5.92 Å². The van der Waals surface area contributed by atoms with Crippen LogP contribution in [0.3, 0.4) is 0 Å². The number of nitrogens with one attached hydrogen (secondary N) is 1. The Morgan fingerprint density at radius 3 is 2.67 bits per heavy atom. The van der Waals surface area contributed by atoms with Gasteiger partial charge in [-0.05, 0) is 73.2 Å². The first kappa shape index (κ1) is 18.0. The zero-order chi connectivity index (χ0) is 20.1. The number of nitrogens with zero attached hydrogens (tertiary/aromatic N) is 3. The van der Waals surface area contributed by atoms with Gasteiger partial charge in [0, 0.05) is 37.0 Å². The fraction of sp³-hybridized carbons (Fsp3) is 0.400. The zero-order valence-electron chi connectivity index (χ0n) is 17.2. The van der Waals surface area contributed by atoms with Gasteiger partial charge in [0.15, 0.2) is 0 Å². The molecule has 6 heterocycles. The molecule has 3 fully saturated rings. The third kappa shape index (κ3) is 3.00. The lowest BCUT2D eigenvalue weighted by atomic mass is 9.84. The summed E-state index contributed by atoms with van der Waals surface area (Å²) >= 11 is 0. The highest BCUT2D eigenvalue weighted by Gasteiger charge is 2.38. The van der Waals surface area contributed by atoms with E-state index < -0.39 is 0 Å². The van der Waals surface area contributed by atoms with E-state index in [1.165, 1.54) is 42.6 Å². The molecule has 2 unspecified atom stereocenters. The Morgan fingerprint density at radius 1 is 0.967 bits per heavy atom. The van der Waals surface area contributed by atoms with Crippen molar-refractivity contribution in [2.45, 2.75) is 31.3 Å². The molecule has 2 amide bonds. The van der Waals surface area contributed by atoms with Crippen LogP contribution in [0.15, 0.2) is 60.9 Å². The Morgan fingerprint density at radius 2 is 1.83 bits per heavy atom. The summed E-state index contributed by atoms with van der Waals surface area (Å²) in [5.41, 5.74) is 4.93. The van der Waals surface area contributed by atoms with Crippen LogP contribution in [0.4, 0.5) is 4.79 Å². The van der Waals surface area contributed by atoms with E-state index in [0.29, 0.717) is 5.92 Å². The van der Waals surface area contributed by atoms with Gasteiger partial charge in [0.25, 0.3) is 0 Å². The molecule has 1 aromatic carbocycles. The number of fused-ring (bicyclic) bond motifs is 5. The molecule has 0 saturated carbocycles. The summed E-state index contributed by atoms with van der Waals surface area (Å²) in [4.78, 5) is 18.1. The van der Waals surface area contributed by atoms with Crippen molar-refractivity contribution < 1.29 is 4.79 Å². The number of piperidine rings is 3. The van der Waals surface area contributed by atoms with Gasteiger partial charge in [0.1, 0.15) is 0 Å². The Bertz CT molecular complexity index is 1080. The molecule has 7 rings (SSSR count). The lowest BCUT2D eigenvalue weighted by Gasteiger charge is -2.46. The van der Waals surface area contributed by atoms with Crippen molar-refractivity contribution in [1.82, 2.24) is 19.5 Å². The molecule has 3 aromatic rings. The van der Waals surface area contributed by atoms with E-state index in [9.17, 15) is 4.79 Å². The monoisotopic (exact) mass is 400 g/mol. The standard InChI is InChI=1S/C25H28N4O/c30-25(26-23-17-27-13-9-19(23)10-14-27)29-15-11-18-4-1-2-6-22(18)24(29)20-7-8-21-5-3-12-28(21)16-20/h1-8,12,16,19,23-24H,9-11,13-15,17H2,(H,26,30). The predicted octanol–water partition coefficient (Wildman–Crippen LogP) is 3.69. The molecule has 4 aliphatic heterocycles. The molecule has 1 N–H and O–H groups in total. The van der Waals surface area contributed by atoms with Crippen LogP contribution in [0.5, 0.6) is 0 Å². The van der Waals surface area contributed by atoms with Crippen molar-refractivity contribution in [3.63, 3.8) is 0 Å².